The van der Waals surface area contributed by atoms with Crippen LogP contribution in [0.4, 0.5) is 4.39 Å². The fourth-order valence-corrected chi connectivity index (χ4v) is 2.05. The molecular weight excluding hydrogens is 261 g/mol. The summed E-state index contributed by atoms with van der Waals surface area (Å²) in [4.78, 5) is 12.9. The SMILES string of the molecule is CCOC(CCN(C)C(C)c1ccccc1F)C(=O)O. The van der Waals surface area contributed by atoms with E-state index in [1.165, 1.54) is 6.07 Å². The summed E-state index contributed by atoms with van der Waals surface area (Å²) in [6.07, 6.45) is -0.436. The number of ether oxygens (including phenoxy) is 1. The van der Waals surface area contributed by atoms with Crippen LogP contribution >= 0.6 is 0 Å². The quantitative estimate of drug-likeness (QED) is 0.797. The Morgan fingerprint density at radius 1 is 1.45 bits per heavy atom. The average molecular weight is 283 g/mol. The Balaban J connectivity index is 2.60. The summed E-state index contributed by atoms with van der Waals surface area (Å²) >= 11 is 0. The molecule has 0 spiro atoms. The molecule has 0 amide bonds. The zero-order valence-corrected chi connectivity index (χ0v) is 12.2. The molecule has 0 bridgehead atoms. The zero-order valence-electron chi connectivity index (χ0n) is 12.2. The first-order valence-corrected chi connectivity index (χ1v) is 6.76. The number of hydrogen-bond donors (Lipinski definition) is 1. The summed E-state index contributed by atoms with van der Waals surface area (Å²) in [6, 6.07) is 6.50. The summed E-state index contributed by atoms with van der Waals surface area (Å²) in [5.74, 6) is -1.20. The maximum absolute atomic E-state index is 13.7. The van der Waals surface area contributed by atoms with E-state index in [1.807, 2.05) is 18.9 Å². The van der Waals surface area contributed by atoms with Gasteiger partial charge < -0.3 is 9.84 Å². The highest BCUT2D eigenvalue weighted by Gasteiger charge is 2.20. The molecule has 0 saturated carbocycles. The number of aliphatic carboxylic acids is 1. The highest BCUT2D eigenvalue weighted by Crippen LogP contribution is 2.21. The fourth-order valence-electron chi connectivity index (χ4n) is 2.05. The number of carboxylic acid groups (broad SMARTS) is 1. The van der Waals surface area contributed by atoms with E-state index in [9.17, 15) is 9.18 Å². The van der Waals surface area contributed by atoms with Crippen LogP contribution < -0.4 is 0 Å². The lowest BCUT2D eigenvalue weighted by Gasteiger charge is -2.26. The molecule has 1 aromatic carbocycles. The minimum Gasteiger partial charge on any atom is -0.479 e. The van der Waals surface area contributed by atoms with Gasteiger partial charge in [-0.15, -0.1) is 0 Å². The van der Waals surface area contributed by atoms with Gasteiger partial charge in [-0.25, -0.2) is 9.18 Å². The second-order valence-electron chi connectivity index (χ2n) is 4.75. The fraction of sp³-hybridized carbons (Fsp3) is 0.533. The Morgan fingerprint density at radius 2 is 2.10 bits per heavy atom. The van der Waals surface area contributed by atoms with E-state index in [0.717, 1.165) is 0 Å². The molecular formula is C15H22FNO3. The van der Waals surface area contributed by atoms with Crippen molar-refractivity contribution < 1.29 is 19.0 Å². The molecule has 0 radical (unpaired) electrons. The summed E-state index contributed by atoms with van der Waals surface area (Å²) in [5.41, 5.74) is 0.610. The first-order chi connectivity index (χ1) is 9.47. The molecule has 2 unspecified atom stereocenters. The summed E-state index contributed by atoms with van der Waals surface area (Å²) in [7, 11) is 1.85. The molecule has 1 rings (SSSR count). The molecule has 2 atom stereocenters. The Bertz CT molecular complexity index is 439. The molecule has 1 aromatic rings. The van der Waals surface area contributed by atoms with Crippen LogP contribution in [0.5, 0.6) is 0 Å². The monoisotopic (exact) mass is 283 g/mol. The van der Waals surface area contributed by atoms with Gasteiger partial charge in [0.2, 0.25) is 0 Å². The lowest BCUT2D eigenvalue weighted by molar-refractivity contribution is -0.150. The minimum absolute atomic E-state index is 0.118. The van der Waals surface area contributed by atoms with Gasteiger partial charge in [-0.3, -0.25) is 4.90 Å². The smallest absolute Gasteiger partial charge is 0.332 e. The van der Waals surface area contributed by atoms with Crippen molar-refractivity contribution in [1.82, 2.24) is 4.90 Å². The van der Waals surface area contributed by atoms with Gasteiger partial charge >= 0.3 is 5.97 Å². The van der Waals surface area contributed by atoms with Crippen LogP contribution in [0.25, 0.3) is 0 Å². The normalized spacial score (nSPS) is 14.2. The third kappa shape index (κ3) is 4.58. The molecule has 0 aliphatic rings. The van der Waals surface area contributed by atoms with Gasteiger partial charge in [0.05, 0.1) is 0 Å². The molecule has 0 aliphatic carbocycles. The van der Waals surface area contributed by atoms with Gasteiger partial charge in [0.1, 0.15) is 5.82 Å². The van der Waals surface area contributed by atoms with Crippen LogP contribution in [0.1, 0.15) is 31.9 Å². The van der Waals surface area contributed by atoms with Crippen LogP contribution in [0.15, 0.2) is 24.3 Å². The standard InChI is InChI=1S/C15H22FNO3/c1-4-20-14(15(18)19)9-10-17(3)11(2)12-7-5-6-8-13(12)16/h5-8,11,14H,4,9-10H2,1-3H3,(H,18,19). The first kappa shape index (κ1) is 16.6. The largest absolute Gasteiger partial charge is 0.479 e. The Labute approximate surface area is 119 Å². The topological polar surface area (TPSA) is 49.8 Å². The molecule has 112 valence electrons. The van der Waals surface area contributed by atoms with Crippen molar-refractivity contribution in [3.8, 4) is 0 Å². The second-order valence-corrected chi connectivity index (χ2v) is 4.75. The molecule has 0 fully saturated rings. The van der Waals surface area contributed by atoms with E-state index >= 15 is 0 Å². The van der Waals surface area contributed by atoms with Crippen molar-refractivity contribution in [1.29, 1.82) is 0 Å². The van der Waals surface area contributed by atoms with E-state index in [2.05, 4.69) is 0 Å². The first-order valence-electron chi connectivity index (χ1n) is 6.76. The van der Waals surface area contributed by atoms with Crippen LogP contribution in [-0.2, 0) is 9.53 Å². The number of carbonyl (C=O) groups is 1. The number of benzene rings is 1. The molecule has 0 aliphatic heterocycles. The average Bonchev–Trinajstić information content (AvgIpc) is 2.42. The maximum Gasteiger partial charge on any atom is 0.332 e. The third-order valence-corrected chi connectivity index (χ3v) is 3.40. The summed E-state index contributed by atoms with van der Waals surface area (Å²) < 4.78 is 18.9. The zero-order chi connectivity index (χ0) is 15.1. The van der Waals surface area contributed by atoms with E-state index in [-0.39, 0.29) is 11.9 Å². The molecule has 1 N–H and O–H groups in total. The Kier molecular flexibility index (Phi) is 6.61. The molecule has 0 aromatic heterocycles. The van der Waals surface area contributed by atoms with Crippen molar-refractivity contribution >= 4 is 5.97 Å². The number of carboxylic acids is 1. The van der Waals surface area contributed by atoms with Crippen molar-refractivity contribution in [3.05, 3.63) is 35.6 Å². The van der Waals surface area contributed by atoms with Gasteiger partial charge in [0.25, 0.3) is 0 Å². The molecule has 5 heteroatoms. The lowest BCUT2D eigenvalue weighted by atomic mass is 10.1. The lowest BCUT2D eigenvalue weighted by Crippen LogP contribution is -2.31. The highest BCUT2D eigenvalue weighted by atomic mass is 19.1. The summed E-state index contributed by atoms with van der Waals surface area (Å²) in [5, 5.41) is 9.01. The molecule has 4 nitrogen and oxygen atoms in total. The predicted molar refractivity (Wildman–Crippen MR) is 75.1 cm³/mol. The minimum atomic E-state index is -0.959. The van der Waals surface area contributed by atoms with Gasteiger partial charge in [-0.2, -0.15) is 0 Å². The van der Waals surface area contributed by atoms with Crippen molar-refractivity contribution in [2.24, 2.45) is 0 Å². The van der Waals surface area contributed by atoms with Gasteiger partial charge in [-0.1, -0.05) is 18.2 Å². The van der Waals surface area contributed by atoms with Crippen molar-refractivity contribution in [2.45, 2.75) is 32.4 Å². The second kappa shape index (κ2) is 7.97. The molecule has 0 saturated heterocycles. The van der Waals surface area contributed by atoms with Gasteiger partial charge in [0, 0.05) is 24.8 Å². The van der Waals surface area contributed by atoms with Crippen LogP contribution in [0, 0.1) is 5.82 Å². The number of halogens is 1. The van der Waals surface area contributed by atoms with Crippen molar-refractivity contribution in [3.63, 3.8) is 0 Å². The van der Waals surface area contributed by atoms with Crippen molar-refractivity contribution in [2.75, 3.05) is 20.2 Å². The number of nitrogens with zero attached hydrogens (tertiary/aromatic N) is 1. The van der Waals surface area contributed by atoms with E-state index in [4.69, 9.17) is 9.84 Å². The number of rotatable bonds is 8. The third-order valence-electron chi connectivity index (χ3n) is 3.40. The van der Waals surface area contributed by atoms with Crippen LogP contribution in [0.3, 0.4) is 0 Å². The Morgan fingerprint density at radius 3 is 2.65 bits per heavy atom. The summed E-state index contributed by atoms with van der Waals surface area (Å²) in [6.45, 7) is 4.55. The van der Waals surface area contributed by atoms with Crippen LogP contribution in [-0.4, -0.2) is 42.3 Å². The van der Waals surface area contributed by atoms with Gasteiger partial charge in [-0.05, 0) is 33.4 Å². The number of hydrogen-bond acceptors (Lipinski definition) is 3. The van der Waals surface area contributed by atoms with E-state index < -0.39 is 12.1 Å². The van der Waals surface area contributed by atoms with E-state index in [0.29, 0.717) is 25.1 Å². The van der Waals surface area contributed by atoms with Crippen LogP contribution in [0.2, 0.25) is 0 Å². The highest BCUT2D eigenvalue weighted by molar-refractivity contribution is 5.72. The van der Waals surface area contributed by atoms with E-state index in [1.54, 1.807) is 25.1 Å². The van der Waals surface area contributed by atoms with Gasteiger partial charge in [0.15, 0.2) is 6.10 Å². The maximum atomic E-state index is 13.7. The Hall–Kier alpha value is -1.46. The molecule has 0 heterocycles. The molecule has 20 heavy (non-hydrogen) atoms. The predicted octanol–water partition coefficient (Wildman–Crippen LogP) is 2.70.